The molecule has 2 aromatic heterocycles. The molecule has 0 aliphatic carbocycles. The Morgan fingerprint density at radius 1 is 0.667 bits per heavy atom. The van der Waals surface area contributed by atoms with Gasteiger partial charge >= 0.3 is 0 Å². The van der Waals surface area contributed by atoms with E-state index in [0.29, 0.717) is 23.8 Å². The van der Waals surface area contributed by atoms with Crippen molar-refractivity contribution in [2.24, 2.45) is 0 Å². The largest absolute Gasteiger partial charge is 0.371 e. The van der Waals surface area contributed by atoms with Crippen LogP contribution in [-0.4, -0.2) is 9.97 Å². The van der Waals surface area contributed by atoms with Crippen LogP contribution < -0.4 is 9.90 Å². The van der Waals surface area contributed by atoms with Crippen molar-refractivity contribution in [3.63, 3.8) is 0 Å². The molecule has 5 heteroatoms. The number of nitrogens with zero attached hydrogens (tertiary/aromatic N) is 3. The molecule has 0 N–H and O–H groups in total. The van der Waals surface area contributed by atoms with Gasteiger partial charge in [-0.25, -0.2) is 9.97 Å². The predicted molar refractivity (Wildman–Crippen MR) is 188 cm³/mol. The monoisotopic (exact) mass is 595 g/mol. The van der Waals surface area contributed by atoms with Crippen LogP contribution >= 0.6 is 11.3 Å². The van der Waals surface area contributed by atoms with Crippen molar-refractivity contribution < 1.29 is 7.58 Å². The molecular formula is C40H23N3OS. The number of hydrogen-bond acceptors (Lipinski definition) is 5. The highest BCUT2D eigenvalue weighted by molar-refractivity contribution is 7.26. The van der Waals surface area contributed by atoms with E-state index in [1.807, 2.05) is 78.9 Å². The highest BCUT2D eigenvalue weighted by atomic mass is 32.1. The second-order valence-electron chi connectivity index (χ2n) is 11.2. The van der Waals surface area contributed by atoms with Gasteiger partial charge in [0.15, 0.2) is 5.75 Å². The smallest absolute Gasteiger partial charge is 0.265 e. The van der Waals surface area contributed by atoms with Gasteiger partial charge in [0.25, 0.3) is 5.95 Å². The second-order valence-corrected chi connectivity index (χ2v) is 12.2. The van der Waals surface area contributed by atoms with Crippen molar-refractivity contribution in [3.8, 4) is 28.1 Å². The number of fused-ring (bicyclic) bond motifs is 12. The Bertz CT molecular complexity index is 2760. The van der Waals surface area contributed by atoms with E-state index in [1.165, 1.54) is 0 Å². The molecule has 1 aliphatic rings. The van der Waals surface area contributed by atoms with Gasteiger partial charge in [-0.05, 0) is 40.4 Å². The summed E-state index contributed by atoms with van der Waals surface area (Å²) in [6.07, 6.45) is 0. The zero-order valence-corrected chi connectivity index (χ0v) is 24.6. The summed E-state index contributed by atoms with van der Waals surface area (Å²) in [5.41, 5.74) is 5.18. The molecule has 0 bridgehead atoms. The first kappa shape index (κ1) is 22.7. The molecule has 0 radical (unpaired) electrons. The third-order valence-corrected chi connectivity index (χ3v) is 9.83. The highest BCUT2D eigenvalue weighted by Crippen LogP contribution is 2.55. The zero-order valence-electron chi connectivity index (χ0n) is 25.8. The average molecular weight is 596 g/mol. The van der Waals surface area contributed by atoms with Crippen molar-refractivity contribution in [1.29, 1.82) is 0 Å². The standard InChI is InChI=1S/C40H23N3OS/c1-2-12-24(13-3-1)37-29-18-8-10-20-32(29)41-40(42-37)43-38-35(31-22-25-14-4-5-15-26(25)23-33(31)44-43)27-16-6-7-17-28(27)39-36(38)30-19-9-11-21-34(30)45-39/h1-23H/i21D,23D. The van der Waals surface area contributed by atoms with Crippen LogP contribution in [0.25, 0.3) is 75.0 Å². The lowest BCUT2D eigenvalue weighted by Gasteiger charge is -2.32. The minimum atomic E-state index is 0.311. The number of anilines is 2. The Morgan fingerprint density at radius 3 is 2.27 bits per heavy atom. The van der Waals surface area contributed by atoms with Crippen LogP contribution in [-0.2, 0) is 0 Å². The van der Waals surface area contributed by atoms with Crippen molar-refractivity contribution >= 4 is 75.6 Å². The minimum Gasteiger partial charge on any atom is -0.371 e. The summed E-state index contributed by atoms with van der Waals surface area (Å²) >= 11 is 1.63. The fourth-order valence-corrected chi connectivity index (χ4v) is 7.89. The van der Waals surface area contributed by atoms with Crippen molar-refractivity contribution in [2.45, 2.75) is 0 Å². The summed E-state index contributed by atoms with van der Waals surface area (Å²) in [5.74, 6) is 0.833. The molecule has 0 fully saturated rings. The number of aromatic nitrogens is 2. The molecule has 4 nitrogen and oxygen atoms in total. The quantitative estimate of drug-likeness (QED) is 0.199. The lowest BCUT2D eigenvalue weighted by molar-refractivity contribution is 0.316. The van der Waals surface area contributed by atoms with Crippen molar-refractivity contribution in [3.05, 3.63) is 139 Å². The van der Waals surface area contributed by atoms with E-state index < -0.39 is 0 Å². The van der Waals surface area contributed by atoms with Gasteiger partial charge in [-0.15, -0.1) is 16.4 Å². The summed E-state index contributed by atoms with van der Waals surface area (Å²) < 4.78 is 20.2. The van der Waals surface area contributed by atoms with Gasteiger partial charge in [0.1, 0.15) is 5.69 Å². The Balaban J connectivity index is 1.40. The van der Waals surface area contributed by atoms with Crippen LogP contribution in [0.15, 0.2) is 139 Å². The molecule has 10 rings (SSSR count). The van der Waals surface area contributed by atoms with E-state index in [2.05, 4.69) is 48.5 Å². The van der Waals surface area contributed by atoms with Gasteiger partial charge in [-0.3, -0.25) is 0 Å². The SMILES string of the molecule is [2H]c1c2c(cc3ccccc13)-c1c(c3c4cccc([2H])c4sc3c3ccccc13)N(c1nc(-c3ccccc3)c3ccccc3n1)O2. The molecule has 7 aromatic carbocycles. The first-order chi connectivity index (χ1) is 23.2. The lowest BCUT2D eigenvalue weighted by Crippen LogP contribution is -2.28. The number of hydrogen-bond donors (Lipinski definition) is 0. The molecule has 0 saturated carbocycles. The van der Waals surface area contributed by atoms with Gasteiger partial charge < -0.3 is 4.84 Å². The number of benzene rings is 7. The summed E-state index contributed by atoms with van der Waals surface area (Å²) in [4.78, 5) is 17.2. The van der Waals surface area contributed by atoms with Crippen LogP contribution in [0.1, 0.15) is 2.74 Å². The zero-order chi connectivity index (χ0) is 31.2. The molecular weight excluding hydrogens is 571 g/mol. The van der Waals surface area contributed by atoms with E-state index in [4.69, 9.17) is 16.2 Å². The molecule has 45 heavy (non-hydrogen) atoms. The van der Waals surface area contributed by atoms with E-state index >= 15 is 0 Å². The Hall–Kier alpha value is -5.78. The molecule has 3 heterocycles. The van der Waals surface area contributed by atoms with Gasteiger partial charge in [-0.2, -0.15) is 0 Å². The summed E-state index contributed by atoms with van der Waals surface area (Å²) in [6.45, 7) is 0. The van der Waals surface area contributed by atoms with Crippen LogP contribution in [0.5, 0.6) is 5.75 Å². The third kappa shape index (κ3) is 3.59. The molecule has 0 spiro atoms. The first-order valence-corrected chi connectivity index (χ1v) is 15.7. The Morgan fingerprint density at radius 2 is 1.38 bits per heavy atom. The fraction of sp³-hybridized carbons (Fsp3) is 0. The molecule has 0 saturated heterocycles. The Labute approximate surface area is 265 Å². The molecule has 1 aliphatic heterocycles. The number of para-hydroxylation sites is 1. The van der Waals surface area contributed by atoms with E-state index in [1.54, 1.807) is 16.4 Å². The van der Waals surface area contributed by atoms with Crippen LogP contribution in [0.2, 0.25) is 0 Å². The molecule has 0 atom stereocenters. The van der Waals surface area contributed by atoms with Crippen LogP contribution in [0, 0.1) is 0 Å². The summed E-state index contributed by atoms with van der Waals surface area (Å²) in [6, 6.07) is 43.3. The van der Waals surface area contributed by atoms with Gasteiger partial charge in [0, 0.05) is 47.6 Å². The molecule has 0 amide bonds. The molecule has 9 aromatic rings. The normalized spacial score (nSPS) is 13.2. The summed E-state index contributed by atoms with van der Waals surface area (Å²) in [5, 5.41) is 8.56. The first-order valence-electron chi connectivity index (χ1n) is 15.9. The van der Waals surface area contributed by atoms with E-state index in [9.17, 15) is 1.37 Å². The van der Waals surface area contributed by atoms with Crippen LogP contribution in [0.4, 0.5) is 11.6 Å². The number of rotatable bonds is 2. The molecule has 210 valence electrons. The van der Waals surface area contributed by atoms with Gasteiger partial charge in [0.2, 0.25) is 0 Å². The summed E-state index contributed by atoms with van der Waals surface area (Å²) in [7, 11) is 0. The van der Waals surface area contributed by atoms with Gasteiger partial charge in [-0.1, -0.05) is 115 Å². The second kappa shape index (κ2) is 9.36. The van der Waals surface area contributed by atoms with E-state index in [-0.39, 0.29) is 0 Å². The topological polar surface area (TPSA) is 38.2 Å². The van der Waals surface area contributed by atoms with Crippen LogP contribution in [0.3, 0.4) is 0 Å². The fourth-order valence-electron chi connectivity index (χ4n) is 6.68. The van der Waals surface area contributed by atoms with Gasteiger partial charge in [0.05, 0.1) is 14.0 Å². The maximum Gasteiger partial charge on any atom is 0.265 e. The minimum absolute atomic E-state index is 0.311. The van der Waals surface area contributed by atoms with E-state index in [0.717, 1.165) is 80.7 Å². The maximum atomic E-state index is 9.40. The molecule has 0 unspecified atom stereocenters. The van der Waals surface area contributed by atoms with Crippen molar-refractivity contribution in [2.75, 3.05) is 5.06 Å². The van der Waals surface area contributed by atoms with Crippen molar-refractivity contribution in [1.82, 2.24) is 9.97 Å². The maximum absolute atomic E-state index is 9.40. The lowest BCUT2D eigenvalue weighted by atomic mass is 9.90. The average Bonchev–Trinajstić information content (AvgIpc) is 3.53. The number of thiophene rings is 1. The third-order valence-electron chi connectivity index (χ3n) is 8.66. The Kier molecular flexibility index (Phi) is 4.72. The predicted octanol–water partition coefficient (Wildman–Crippen LogP) is 11.1. The highest BCUT2D eigenvalue weighted by Gasteiger charge is 2.33.